The van der Waals surface area contributed by atoms with E-state index in [1.54, 1.807) is 0 Å². The summed E-state index contributed by atoms with van der Waals surface area (Å²) >= 11 is 0. The quantitative estimate of drug-likeness (QED) is 0.559. The van der Waals surface area contributed by atoms with E-state index in [4.69, 9.17) is 5.73 Å². The second-order valence-electron chi connectivity index (χ2n) is 3.18. The Morgan fingerprint density at radius 1 is 1.67 bits per heavy atom. The molecule has 0 heterocycles. The number of hydrogen-bond donors (Lipinski definition) is 3. The van der Waals surface area contributed by atoms with E-state index in [0.717, 1.165) is 0 Å². The van der Waals surface area contributed by atoms with E-state index in [1.807, 2.05) is 6.92 Å². The number of rotatable bonds is 4. The average Bonchev–Trinajstić information content (AvgIpc) is 2.83. The van der Waals surface area contributed by atoms with Gasteiger partial charge in [-0.15, -0.1) is 0 Å². The molecule has 4 N–H and O–H groups in total. The van der Waals surface area contributed by atoms with E-state index < -0.39 is 0 Å². The van der Waals surface area contributed by atoms with Gasteiger partial charge in [-0.3, -0.25) is 0 Å². The molecule has 1 unspecified atom stereocenters. The van der Waals surface area contributed by atoms with Crippen molar-refractivity contribution in [2.24, 2.45) is 11.7 Å². The van der Waals surface area contributed by atoms with Gasteiger partial charge in [-0.1, -0.05) is 0 Å². The predicted molar refractivity (Wildman–Crippen MR) is 47.8 cm³/mol. The van der Waals surface area contributed by atoms with Gasteiger partial charge in [0, 0.05) is 19.1 Å². The van der Waals surface area contributed by atoms with Crippen LogP contribution in [0.1, 0.15) is 19.8 Å². The molecular weight excluding hydrogens is 154 g/mol. The monoisotopic (exact) mass is 171 g/mol. The Morgan fingerprint density at radius 3 is 2.75 bits per heavy atom. The lowest BCUT2D eigenvalue weighted by atomic mass is 10.2. The molecule has 1 aliphatic carbocycles. The zero-order valence-corrected chi connectivity index (χ0v) is 7.47. The highest BCUT2D eigenvalue weighted by Gasteiger charge is 2.30. The van der Waals surface area contributed by atoms with Crippen LogP contribution in [0, 0.1) is 5.92 Å². The van der Waals surface area contributed by atoms with Gasteiger partial charge in [-0.2, -0.15) is 0 Å². The summed E-state index contributed by atoms with van der Waals surface area (Å²) in [5, 5.41) is 5.54. The molecule has 0 aliphatic heterocycles. The van der Waals surface area contributed by atoms with Crippen LogP contribution in [-0.2, 0) is 0 Å². The lowest BCUT2D eigenvalue weighted by molar-refractivity contribution is 0.236. The molecule has 2 amide bonds. The van der Waals surface area contributed by atoms with Crippen LogP contribution in [0.25, 0.3) is 0 Å². The molecule has 0 aromatic heterocycles. The van der Waals surface area contributed by atoms with Crippen molar-refractivity contribution in [1.29, 1.82) is 0 Å². The molecule has 1 saturated carbocycles. The molecule has 0 spiro atoms. The molecule has 0 bridgehead atoms. The number of hydrogen-bond acceptors (Lipinski definition) is 2. The Morgan fingerprint density at radius 2 is 2.33 bits per heavy atom. The van der Waals surface area contributed by atoms with E-state index in [9.17, 15) is 4.79 Å². The van der Waals surface area contributed by atoms with Crippen molar-refractivity contribution < 1.29 is 4.79 Å². The molecule has 1 aliphatic rings. The summed E-state index contributed by atoms with van der Waals surface area (Å²) in [4.78, 5) is 11.1. The number of urea groups is 1. The highest BCUT2D eigenvalue weighted by Crippen LogP contribution is 2.31. The largest absolute Gasteiger partial charge is 0.338 e. The smallest absolute Gasteiger partial charge is 0.315 e. The van der Waals surface area contributed by atoms with Crippen molar-refractivity contribution in [2.45, 2.75) is 25.8 Å². The van der Waals surface area contributed by atoms with Gasteiger partial charge in [-0.05, 0) is 25.7 Å². The lowest BCUT2D eigenvalue weighted by Crippen LogP contribution is -2.46. The molecule has 0 aromatic carbocycles. The molecule has 0 saturated heterocycles. The van der Waals surface area contributed by atoms with Crippen LogP contribution in [0.4, 0.5) is 4.79 Å². The van der Waals surface area contributed by atoms with Crippen molar-refractivity contribution >= 4 is 6.03 Å². The highest BCUT2D eigenvalue weighted by molar-refractivity contribution is 5.74. The van der Waals surface area contributed by atoms with Crippen molar-refractivity contribution in [1.82, 2.24) is 10.6 Å². The van der Waals surface area contributed by atoms with E-state index in [-0.39, 0.29) is 12.1 Å². The number of nitrogens with one attached hydrogen (secondary N) is 2. The summed E-state index contributed by atoms with van der Waals surface area (Å²) in [6.07, 6.45) is 2.41. The van der Waals surface area contributed by atoms with E-state index in [2.05, 4.69) is 10.6 Å². The first-order chi connectivity index (χ1) is 5.77. The van der Waals surface area contributed by atoms with Crippen LogP contribution in [-0.4, -0.2) is 25.2 Å². The summed E-state index contributed by atoms with van der Waals surface area (Å²) in [5.74, 6) is 0.623. The summed E-state index contributed by atoms with van der Waals surface area (Å²) in [7, 11) is 0. The zero-order valence-electron chi connectivity index (χ0n) is 7.47. The van der Waals surface area contributed by atoms with E-state index in [1.165, 1.54) is 12.8 Å². The number of amides is 2. The standard InChI is InChI=1S/C8H17N3O/c1-2-10-8(12)11-7(5-9)6-3-4-6/h6-7H,2-5,9H2,1H3,(H2,10,11,12). The molecule has 4 nitrogen and oxygen atoms in total. The summed E-state index contributed by atoms with van der Waals surface area (Å²) < 4.78 is 0. The fraction of sp³-hybridized carbons (Fsp3) is 0.875. The van der Waals surface area contributed by atoms with Gasteiger partial charge < -0.3 is 16.4 Å². The first-order valence-electron chi connectivity index (χ1n) is 4.52. The van der Waals surface area contributed by atoms with Gasteiger partial charge in [-0.25, -0.2) is 4.79 Å². The fourth-order valence-corrected chi connectivity index (χ4v) is 1.25. The summed E-state index contributed by atoms with van der Waals surface area (Å²) in [5.41, 5.74) is 5.52. The number of carbonyl (C=O) groups excluding carboxylic acids is 1. The summed E-state index contributed by atoms with van der Waals surface area (Å²) in [6.45, 7) is 3.10. The third-order valence-electron chi connectivity index (χ3n) is 2.10. The lowest BCUT2D eigenvalue weighted by Gasteiger charge is -2.15. The Bertz CT molecular complexity index is 156. The molecule has 0 aromatic rings. The normalized spacial score (nSPS) is 18.5. The molecule has 1 atom stereocenters. The van der Waals surface area contributed by atoms with Crippen LogP contribution >= 0.6 is 0 Å². The molecule has 1 rings (SSSR count). The van der Waals surface area contributed by atoms with E-state index >= 15 is 0 Å². The maximum absolute atomic E-state index is 11.1. The van der Waals surface area contributed by atoms with Crippen LogP contribution in [0.3, 0.4) is 0 Å². The Kier molecular flexibility index (Phi) is 3.34. The van der Waals surface area contributed by atoms with Gasteiger partial charge in [0.15, 0.2) is 0 Å². The summed E-state index contributed by atoms with van der Waals surface area (Å²) in [6, 6.07) is 0.0800. The maximum Gasteiger partial charge on any atom is 0.315 e. The topological polar surface area (TPSA) is 67.2 Å². The Hall–Kier alpha value is -0.770. The second-order valence-corrected chi connectivity index (χ2v) is 3.18. The minimum Gasteiger partial charge on any atom is -0.338 e. The van der Waals surface area contributed by atoms with Crippen molar-refractivity contribution in [3.8, 4) is 0 Å². The second kappa shape index (κ2) is 4.30. The fourth-order valence-electron chi connectivity index (χ4n) is 1.25. The van der Waals surface area contributed by atoms with Crippen LogP contribution in [0.5, 0.6) is 0 Å². The first kappa shape index (κ1) is 9.32. The van der Waals surface area contributed by atoms with Gasteiger partial charge in [0.05, 0.1) is 0 Å². The van der Waals surface area contributed by atoms with E-state index in [0.29, 0.717) is 19.0 Å². The van der Waals surface area contributed by atoms with Gasteiger partial charge >= 0.3 is 6.03 Å². The van der Waals surface area contributed by atoms with Crippen molar-refractivity contribution in [2.75, 3.05) is 13.1 Å². The zero-order chi connectivity index (χ0) is 8.97. The van der Waals surface area contributed by atoms with Crippen LogP contribution < -0.4 is 16.4 Å². The van der Waals surface area contributed by atoms with Crippen LogP contribution in [0.2, 0.25) is 0 Å². The Balaban J connectivity index is 2.21. The minimum atomic E-state index is -0.0974. The Labute approximate surface area is 72.9 Å². The maximum atomic E-state index is 11.1. The average molecular weight is 171 g/mol. The molecular formula is C8H17N3O. The van der Waals surface area contributed by atoms with Crippen molar-refractivity contribution in [3.05, 3.63) is 0 Å². The SMILES string of the molecule is CCNC(=O)NC(CN)C1CC1. The van der Waals surface area contributed by atoms with Gasteiger partial charge in [0.1, 0.15) is 0 Å². The number of nitrogens with two attached hydrogens (primary N) is 1. The minimum absolute atomic E-state index is 0.0974. The highest BCUT2D eigenvalue weighted by atomic mass is 16.2. The van der Waals surface area contributed by atoms with Crippen molar-refractivity contribution in [3.63, 3.8) is 0 Å². The van der Waals surface area contributed by atoms with Gasteiger partial charge in [0.25, 0.3) is 0 Å². The molecule has 4 heteroatoms. The molecule has 0 radical (unpaired) electrons. The first-order valence-corrected chi connectivity index (χ1v) is 4.52. The third kappa shape index (κ3) is 2.70. The van der Waals surface area contributed by atoms with Crippen LogP contribution in [0.15, 0.2) is 0 Å². The van der Waals surface area contributed by atoms with Gasteiger partial charge in [0.2, 0.25) is 0 Å². The predicted octanol–water partition coefficient (Wildman–Crippen LogP) is 0.0428. The molecule has 70 valence electrons. The molecule has 12 heavy (non-hydrogen) atoms. The third-order valence-corrected chi connectivity index (χ3v) is 2.10. The molecule has 1 fully saturated rings. The number of carbonyl (C=O) groups is 1.